The summed E-state index contributed by atoms with van der Waals surface area (Å²) in [7, 11) is 1.59. The molecule has 2 heterocycles. The smallest absolute Gasteiger partial charge is 0.416 e. The lowest BCUT2D eigenvalue weighted by atomic mass is 10.1. The Morgan fingerprint density at radius 2 is 1.89 bits per heavy atom. The highest BCUT2D eigenvalue weighted by Gasteiger charge is 2.30. The molecule has 144 valence electrons. The second-order valence-electron chi connectivity index (χ2n) is 5.97. The molecule has 1 atom stereocenters. The molecule has 0 radical (unpaired) electrons. The second-order valence-corrected chi connectivity index (χ2v) is 7.39. The zero-order chi connectivity index (χ0) is 19.9. The fraction of sp³-hybridized carbons (Fsp3) is 0.105. The number of nitrogens with zero attached hydrogens (tertiary/aromatic N) is 2. The maximum Gasteiger partial charge on any atom is 0.416 e. The van der Waals surface area contributed by atoms with Crippen molar-refractivity contribution in [2.24, 2.45) is 0 Å². The lowest BCUT2D eigenvalue weighted by Crippen LogP contribution is -2.18. The van der Waals surface area contributed by atoms with Gasteiger partial charge in [0.1, 0.15) is 0 Å². The quantitative estimate of drug-likeness (QED) is 0.506. The third kappa shape index (κ3) is 3.28. The first kappa shape index (κ1) is 18.6. The van der Waals surface area contributed by atoms with Gasteiger partial charge in [-0.1, -0.05) is 0 Å². The van der Waals surface area contributed by atoms with Crippen molar-refractivity contribution in [1.82, 2.24) is 14.3 Å². The number of hydrogen-bond acceptors (Lipinski definition) is 4. The van der Waals surface area contributed by atoms with Crippen molar-refractivity contribution in [2.75, 3.05) is 7.05 Å². The summed E-state index contributed by atoms with van der Waals surface area (Å²) in [4.78, 5) is 4.50. The van der Waals surface area contributed by atoms with Crippen LogP contribution in [0.25, 0.3) is 27.9 Å². The van der Waals surface area contributed by atoms with Crippen LogP contribution >= 0.6 is 0 Å². The molecule has 0 aliphatic carbocycles. The van der Waals surface area contributed by atoms with Crippen molar-refractivity contribution in [2.45, 2.75) is 11.1 Å². The van der Waals surface area contributed by atoms with Gasteiger partial charge in [-0.05, 0) is 36.4 Å². The highest BCUT2D eigenvalue weighted by molar-refractivity contribution is 7.89. The van der Waals surface area contributed by atoms with Crippen LogP contribution < -0.4 is 4.72 Å². The average molecular weight is 405 g/mol. The van der Waals surface area contributed by atoms with Crippen LogP contribution in [0.5, 0.6) is 0 Å². The van der Waals surface area contributed by atoms with E-state index in [4.69, 9.17) is 4.42 Å². The Labute approximate surface area is 161 Å². The Bertz CT molecular complexity index is 1110. The van der Waals surface area contributed by atoms with E-state index in [1.807, 2.05) is 0 Å². The van der Waals surface area contributed by atoms with E-state index in [9.17, 15) is 17.7 Å². The number of oxazole rings is 1. The van der Waals surface area contributed by atoms with Gasteiger partial charge in [0.05, 0.1) is 28.6 Å². The van der Waals surface area contributed by atoms with Crippen LogP contribution in [0.2, 0.25) is 0 Å². The third-order valence-corrected chi connectivity index (χ3v) is 5.40. The highest BCUT2D eigenvalue weighted by atomic mass is 32.2. The number of aromatic nitrogens is 2. The minimum Gasteiger partial charge on any atom is -0.593 e. The first-order valence-corrected chi connectivity index (χ1v) is 9.34. The van der Waals surface area contributed by atoms with Crippen LogP contribution in [0.15, 0.2) is 70.6 Å². The molecule has 0 spiro atoms. The van der Waals surface area contributed by atoms with E-state index in [0.29, 0.717) is 21.9 Å². The predicted molar refractivity (Wildman–Crippen MR) is 99.2 cm³/mol. The molecule has 4 rings (SSSR count). The maximum atomic E-state index is 12.9. The van der Waals surface area contributed by atoms with Crippen LogP contribution in [-0.4, -0.2) is 21.2 Å². The van der Waals surface area contributed by atoms with E-state index in [-0.39, 0.29) is 0 Å². The molecule has 0 saturated carbocycles. The van der Waals surface area contributed by atoms with E-state index in [1.165, 1.54) is 18.5 Å². The molecule has 0 fully saturated rings. The highest BCUT2D eigenvalue weighted by Crippen LogP contribution is 2.35. The van der Waals surface area contributed by atoms with Crippen molar-refractivity contribution in [1.29, 1.82) is 0 Å². The van der Waals surface area contributed by atoms with Gasteiger partial charge in [-0.15, -0.1) is 4.72 Å². The molecule has 28 heavy (non-hydrogen) atoms. The summed E-state index contributed by atoms with van der Waals surface area (Å²) in [6, 6.07) is 10.1. The van der Waals surface area contributed by atoms with Crippen molar-refractivity contribution >= 4 is 22.3 Å². The average Bonchev–Trinajstić information content (AvgIpc) is 3.34. The normalized spacial score (nSPS) is 13.2. The summed E-state index contributed by atoms with van der Waals surface area (Å²) >= 11 is -1.38. The number of benzene rings is 2. The van der Waals surface area contributed by atoms with E-state index < -0.39 is 23.1 Å². The van der Waals surface area contributed by atoms with Gasteiger partial charge < -0.3 is 13.5 Å². The molecule has 2 aromatic carbocycles. The first-order chi connectivity index (χ1) is 13.4. The van der Waals surface area contributed by atoms with Crippen LogP contribution in [-0.2, 0) is 17.5 Å². The van der Waals surface area contributed by atoms with Gasteiger partial charge in [-0.25, -0.2) is 4.98 Å². The first-order valence-electron chi connectivity index (χ1n) is 8.19. The molecule has 0 saturated heterocycles. The number of nitrogens with one attached hydrogen (secondary N) is 1. The Hall–Kier alpha value is -2.75. The number of alkyl halides is 3. The molecule has 0 aliphatic heterocycles. The van der Waals surface area contributed by atoms with Crippen LogP contribution in [0.3, 0.4) is 0 Å². The van der Waals surface area contributed by atoms with Gasteiger partial charge in [0.15, 0.2) is 17.0 Å². The molecule has 0 amide bonds. The van der Waals surface area contributed by atoms with Crippen LogP contribution in [0, 0.1) is 0 Å². The summed E-state index contributed by atoms with van der Waals surface area (Å²) in [5.74, 6) is 0.503. The Balaban J connectivity index is 1.89. The molecular formula is C19H14F3N3O2S. The summed E-state index contributed by atoms with van der Waals surface area (Å²) in [5.41, 5.74) is 1.28. The second kappa shape index (κ2) is 7.01. The van der Waals surface area contributed by atoms with Gasteiger partial charge in [0.2, 0.25) is 0 Å². The van der Waals surface area contributed by atoms with Crippen LogP contribution in [0.1, 0.15) is 5.56 Å². The summed E-state index contributed by atoms with van der Waals surface area (Å²) in [6.07, 6.45) is 0.216. The molecule has 4 aromatic rings. The minimum atomic E-state index is -4.39. The maximum absolute atomic E-state index is 12.9. The lowest BCUT2D eigenvalue weighted by Gasteiger charge is -2.10. The number of hydrogen-bond donors (Lipinski definition) is 1. The van der Waals surface area contributed by atoms with E-state index in [2.05, 4.69) is 9.71 Å². The fourth-order valence-electron chi connectivity index (χ4n) is 3.01. The van der Waals surface area contributed by atoms with Gasteiger partial charge in [0, 0.05) is 35.9 Å². The molecule has 0 bridgehead atoms. The molecule has 0 aliphatic rings. The molecule has 9 heteroatoms. The van der Waals surface area contributed by atoms with Crippen molar-refractivity contribution in [3.8, 4) is 17.0 Å². The Morgan fingerprint density at radius 1 is 1.14 bits per heavy atom. The van der Waals surface area contributed by atoms with Crippen molar-refractivity contribution in [3.05, 3.63) is 66.8 Å². The van der Waals surface area contributed by atoms with E-state index in [1.54, 1.807) is 42.2 Å². The number of rotatable bonds is 4. The van der Waals surface area contributed by atoms with E-state index >= 15 is 0 Å². The van der Waals surface area contributed by atoms with Crippen molar-refractivity contribution in [3.63, 3.8) is 0 Å². The standard InChI is InChI=1S/C19H14F3N3O2S/c1-23-28(26)14-6-7-17-15(8-14)16(18-9-24-11-27-18)10-25(17)13-4-2-12(3-5-13)19(20,21)22/h2-11,23H,1H3. The van der Waals surface area contributed by atoms with Gasteiger partial charge in [-0.3, -0.25) is 0 Å². The summed E-state index contributed by atoms with van der Waals surface area (Å²) in [6.45, 7) is 0. The van der Waals surface area contributed by atoms with Crippen molar-refractivity contribution < 1.29 is 22.1 Å². The summed E-state index contributed by atoms with van der Waals surface area (Å²) in [5, 5.41) is 0.748. The van der Waals surface area contributed by atoms with Crippen LogP contribution in [0.4, 0.5) is 13.2 Å². The molecule has 1 unspecified atom stereocenters. The lowest BCUT2D eigenvalue weighted by molar-refractivity contribution is -0.137. The Morgan fingerprint density at radius 3 is 2.50 bits per heavy atom. The largest absolute Gasteiger partial charge is 0.593 e. The van der Waals surface area contributed by atoms with Gasteiger partial charge >= 0.3 is 6.18 Å². The monoisotopic (exact) mass is 405 g/mol. The fourth-order valence-corrected chi connectivity index (χ4v) is 3.66. The molecule has 1 N–H and O–H groups in total. The van der Waals surface area contributed by atoms with E-state index in [0.717, 1.165) is 23.0 Å². The topological polar surface area (TPSA) is 66.0 Å². The summed E-state index contributed by atoms with van der Waals surface area (Å²) < 4.78 is 60.5. The SMILES string of the molecule is CN[S+]([O-])c1ccc2c(c1)c(-c1cnco1)cn2-c1ccc(C(F)(F)F)cc1. The zero-order valence-electron chi connectivity index (χ0n) is 14.5. The molecular weight excluding hydrogens is 391 g/mol. The predicted octanol–water partition coefficient (Wildman–Crippen LogP) is 4.55. The molecule has 5 nitrogen and oxygen atoms in total. The van der Waals surface area contributed by atoms with Gasteiger partial charge in [-0.2, -0.15) is 13.2 Å². The van der Waals surface area contributed by atoms with Gasteiger partial charge in [0.25, 0.3) is 0 Å². The number of fused-ring (bicyclic) bond motifs is 1. The third-order valence-electron chi connectivity index (χ3n) is 4.35. The number of halogens is 3. The minimum absolute atomic E-state index is 0.503. The molecule has 2 aromatic heterocycles. The Kier molecular flexibility index (Phi) is 4.66. The zero-order valence-corrected chi connectivity index (χ0v) is 15.3.